The van der Waals surface area contributed by atoms with Crippen LogP contribution in [0.3, 0.4) is 0 Å². The van der Waals surface area contributed by atoms with Gasteiger partial charge in [-0.2, -0.15) is 5.26 Å². The zero-order chi connectivity index (χ0) is 10.1. The lowest BCUT2D eigenvalue weighted by Gasteiger charge is -1.97. The van der Waals surface area contributed by atoms with Crippen LogP contribution < -0.4 is 0 Å². The highest BCUT2D eigenvalue weighted by Crippen LogP contribution is 2.27. The van der Waals surface area contributed by atoms with Crippen LogP contribution in [0.5, 0.6) is 0 Å². The second-order valence-corrected chi connectivity index (χ2v) is 3.64. The van der Waals surface area contributed by atoms with Gasteiger partial charge in [-0.25, -0.2) is 0 Å². The first kappa shape index (κ1) is 9.11. The van der Waals surface area contributed by atoms with E-state index in [1.807, 2.05) is 36.0 Å². The Kier molecular flexibility index (Phi) is 2.18. The minimum atomic E-state index is 0.428. The van der Waals surface area contributed by atoms with Crippen LogP contribution >= 0.6 is 11.6 Å². The summed E-state index contributed by atoms with van der Waals surface area (Å²) in [5, 5.41) is 10.5. The molecule has 3 heteroatoms. The fourth-order valence-electron chi connectivity index (χ4n) is 1.73. The summed E-state index contributed by atoms with van der Waals surface area (Å²) < 4.78 is 1.96. The van der Waals surface area contributed by atoms with Gasteiger partial charge in [0.15, 0.2) is 0 Å². The van der Waals surface area contributed by atoms with Crippen LogP contribution in [-0.4, -0.2) is 4.57 Å². The number of nitriles is 1. The van der Waals surface area contributed by atoms with Gasteiger partial charge in [0, 0.05) is 18.6 Å². The largest absolute Gasteiger partial charge is 0.349 e. The standard InChI is InChI=1S/C11H9ClN2/c1-14-7-8(5-6-13)9-3-2-4-10(12)11(9)14/h2-4,7H,5H2,1H3. The smallest absolute Gasteiger partial charge is 0.0670 e. The molecular formula is C11H9ClN2. The van der Waals surface area contributed by atoms with E-state index in [-0.39, 0.29) is 0 Å². The van der Waals surface area contributed by atoms with Crippen molar-refractivity contribution in [2.24, 2.45) is 7.05 Å². The maximum Gasteiger partial charge on any atom is 0.0670 e. The summed E-state index contributed by atoms with van der Waals surface area (Å²) in [7, 11) is 1.94. The van der Waals surface area contributed by atoms with E-state index in [0.29, 0.717) is 6.42 Å². The van der Waals surface area contributed by atoms with Gasteiger partial charge in [0.25, 0.3) is 0 Å². The van der Waals surface area contributed by atoms with E-state index in [1.54, 1.807) is 0 Å². The summed E-state index contributed by atoms with van der Waals surface area (Å²) in [6.45, 7) is 0. The summed E-state index contributed by atoms with van der Waals surface area (Å²) in [5.74, 6) is 0. The van der Waals surface area contributed by atoms with Crippen LogP contribution in [0.25, 0.3) is 10.9 Å². The van der Waals surface area contributed by atoms with Gasteiger partial charge in [-0.3, -0.25) is 0 Å². The zero-order valence-corrected chi connectivity index (χ0v) is 8.54. The number of hydrogen-bond donors (Lipinski definition) is 0. The summed E-state index contributed by atoms with van der Waals surface area (Å²) in [4.78, 5) is 0. The lowest BCUT2D eigenvalue weighted by Crippen LogP contribution is -1.83. The number of fused-ring (bicyclic) bond motifs is 1. The van der Waals surface area contributed by atoms with Crippen LogP contribution in [0.4, 0.5) is 0 Å². The molecule has 1 heterocycles. The average Bonchev–Trinajstić information content (AvgIpc) is 2.46. The molecule has 0 aliphatic carbocycles. The number of halogens is 1. The van der Waals surface area contributed by atoms with Crippen molar-refractivity contribution in [3.05, 3.63) is 35.0 Å². The Morgan fingerprint density at radius 1 is 1.50 bits per heavy atom. The average molecular weight is 205 g/mol. The fourth-order valence-corrected chi connectivity index (χ4v) is 2.03. The third-order valence-corrected chi connectivity index (χ3v) is 2.61. The van der Waals surface area contributed by atoms with Crippen molar-refractivity contribution in [2.75, 3.05) is 0 Å². The molecule has 0 radical (unpaired) electrons. The molecule has 0 spiro atoms. The zero-order valence-electron chi connectivity index (χ0n) is 7.79. The Bertz CT molecular complexity index is 520. The molecule has 0 bridgehead atoms. The van der Waals surface area contributed by atoms with Crippen LogP contribution in [0.1, 0.15) is 5.56 Å². The molecule has 0 fully saturated rings. The Balaban J connectivity index is 2.79. The molecule has 2 aromatic rings. The first-order chi connectivity index (χ1) is 6.74. The lowest BCUT2D eigenvalue weighted by molar-refractivity contribution is 0.960. The van der Waals surface area contributed by atoms with Gasteiger partial charge in [-0.05, 0) is 11.6 Å². The van der Waals surface area contributed by atoms with E-state index >= 15 is 0 Å². The number of para-hydroxylation sites is 1. The molecule has 2 rings (SSSR count). The van der Waals surface area contributed by atoms with Crippen molar-refractivity contribution in [3.63, 3.8) is 0 Å². The second-order valence-electron chi connectivity index (χ2n) is 3.24. The molecule has 14 heavy (non-hydrogen) atoms. The second kappa shape index (κ2) is 3.36. The Labute approximate surface area is 87.3 Å². The number of benzene rings is 1. The molecule has 0 aliphatic rings. The molecular weight excluding hydrogens is 196 g/mol. The highest BCUT2D eigenvalue weighted by Gasteiger charge is 2.08. The van der Waals surface area contributed by atoms with Crippen LogP contribution in [0, 0.1) is 11.3 Å². The minimum absolute atomic E-state index is 0.428. The highest BCUT2D eigenvalue weighted by atomic mass is 35.5. The van der Waals surface area contributed by atoms with E-state index < -0.39 is 0 Å². The Morgan fingerprint density at radius 3 is 3.00 bits per heavy atom. The number of rotatable bonds is 1. The number of nitrogens with zero attached hydrogens (tertiary/aromatic N) is 2. The monoisotopic (exact) mass is 204 g/mol. The molecule has 0 saturated heterocycles. The predicted octanol–water partition coefficient (Wildman–Crippen LogP) is 2.90. The van der Waals surface area contributed by atoms with Crippen LogP contribution in [0.15, 0.2) is 24.4 Å². The van der Waals surface area contributed by atoms with Crippen LogP contribution in [0.2, 0.25) is 5.02 Å². The topological polar surface area (TPSA) is 28.7 Å². The van der Waals surface area contributed by atoms with Gasteiger partial charge in [0.1, 0.15) is 0 Å². The molecule has 0 aliphatic heterocycles. The summed E-state index contributed by atoms with van der Waals surface area (Å²) in [6, 6.07) is 7.92. The van der Waals surface area contributed by atoms with Crippen molar-refractivity contribution in [1.82, 2.24) is 4.57 Å². The molecule has 1 aromatic carbocycles. The molecule has 0 saturated carbocycles. The molecule has 70 valence electrons. The third-order valence-electron chi connectivity index (χ3n) is 2.30. The number of aromatic nitrogens is 1. The molecule has 1 aromatic heterocycles. The van der Waals surface area contributed by atoms with Crippen molar-refractivity contribution in [2.45, 2.75) is 6.42 Å². The maximum absolute atomic E-state index is 8.67. The fraction of sp³-hybridized carbons (Fsp3) is 0.182. The first-order valence-corrected chi connectivity index (χ1v) is 4.71. The van der Waals surface area contributed by atoms with Crippen LogP contribution in [-0.2, 0) is 13.5 Å². The van der Waals surface area contributed by atoms with E-state index in [4.69, 9.17) is 16.9 Å². The van der Waals surface area contributed by atoms with Gasteiger partial charge in [0.05, 0.1) is 23.0 Å². The molecule has 0 unspecified atom stereocenters. The Morgan fingerprint density at radius 2 is 2.29 bits per heavy atom. The quantitative estimate of drug-likeness (QED) is 0.702. The van der Waals surface area contributed by atoms with Gasteiger partial charge in [-0.15, -0.1) is 0 Å². The molecule has 0 N–H and O–H groups in total. The van der Waals surface area contributed by atoms with E-state index in [2.05, 4.69) is 6.07 Å². The van der Waals surface area contributed by atoms with E-state index in [0.717, 1.165) is 21.5 Å². The molecule has 0 amide bonds. The summed E-state index contributed by atoms with van der Waals surface area (Å²) in [5.41, 5.74) is 2.03. The predicted molar refractivity (Wildman–Crippen MR) is 57.2 cm³/mol. The van der Waals surface area contributed by atoms with Gasteiger partial charge >= 0.3 is 0 Å². The minimum Gasteiger partial charge on any atom is -0.349 e. The third kappa shape index (κ3) is 1.26. The maximum atomic E-state index is 8.67. The van der Waals surface area contributed by atoms with E-state index in [1.165, 1.54) is 0 Å². The first-order valence-electron chi connectivity index (χ1n) is 4.33. The summed E-state index contributed by atoms with van der Waals surface area (Å²) >= 11 is 6.07. The van der Waals surface area contributed by atoms with Gasteiger partial charge < -0.3 is 4.57 Å². The van der Waals surface area contributed by atoms with Gasteiger partial charge in [0.2, 0.25) is 0 Å². The van der Waals surface area contributed by atoms with Crippen molar-refractivity contribution >= 4 is 22.5 Å². The Hall–Kier alpha value is -1.46. The number of aryl methyl sites for hydroxylation is 1. The SMILES string of the molecule is Cn1cc(CC#N)c2cccc(Cl)c21. The lowest BCUT2D eigenvalue weighted by atomic mass is 10.1. The number of hydrogen-bond acceptors (Lipinski definition) is 1. The summed E-state index contributed by atoms with van der Waals surface area (Å²) in [6.07, 6.45) is 2.39. The van der Waals surface area contributed by atoms with Crippen molar-refractivity contribution in [1.29, 1.82) is 5.26 Å². The van der Waals surface area contributed by atoms with Gasteiger partial charge in [-0.1, -0.05) is 23.7 Å². The van der Waals surface area contributed by atoms with Crippen molar-refractivity contribution in [3.8, 4) is 6.07 Å². The van der Waals surface area contributed by atoms with Crippen molar-refractivity contribution < 1.29 is 0 Å². The van der Waals surface area contributed by atoms with E-state index in [9.17, 15) is 0 Å². The molecule has 0 atom stereocenters. The normalized spacial score (nSPS) is 10.4. The highest BCUT2D eigenvalue weighted by molar-refractivity contribution is 6.35. The molecule has 2 nitrogen and oxygen atoms in total.